The average molecular weight is 436 g/mol. The van der Waals surface area contributed by atoms with Gasteiger partial charge in [0.1, 0.15) is 11.6 Å². The zero-order valence-electron chi connectivity index (χ0n) is 16.5. The summed E-state index contributed by atoms with van der Waals surface area (Å²) in [7, 11) is 0. The molecule has 0 aliphatic heterocycles. The van der Waals surface area contributed by atoms with Crippen molar-refractivity contribution in [2.45, 2.75) is 12.1 Å². The zero-order valence-corrected chi connectivity index (χ0v) is 17.4. The third-order valence-corrected chi connectivity index (χ3v) is 5.51. The second kappa shape index (κ2) is 9.09. The fourth-order valence-electron chi connectivity index (χ4n) is 3.03. The molecule has 0 radical (unpaired) electrons. The summed E-state index contributed by atoms with van der Waals surface area (Å²) in [4.78, 5) is 12.5. The second-order valence-electron chi connectivity index (χ2n) is 6.75. The fourth-order valence-corrected chi connectivity index (χ4v) is 3.78. The Morgan fingerprint density at radius 2 is 1.68 bits per heavy atom. The van der Waals surface area contributed by atoms with Crippen LogP contribution in [-0.4, -0.2) is 26.4 Å². The molecular weight excluding hydrogens is 418 g/mol. The van der Waals surface area contributed by atoms with Gasteiger partial charge in [-0.15, -0.1) is 10.2 Å². The van der Waals surface area contributed by atoms with Crippen molar-refractivity contribution in [1.82, 2.24) is 14.8 Å². The monoisotopic (exact) mass is 436 g/mol. The van der Waals surface area contributed by atoms with Gasteiger partial charge in [0.15, 0.2) is 11.0 Å². The Morgan fingerprint density at radius 3 is 2.42 bits per heavy atom. The van der Waals surface area contributed by atoms with E-state index in [2.05, 4.69) is 15.5 Å². The number of nitrogens with zero attached hydrogens (tertiary/aromatic N) is 3. The van der Waals surface area contributed by atoms with E-state index in [-0.39, 0.29) is 23.0 Å². The maximum atomic E-state index is 14.4. The molecule has 4 aromatic rings. The van der Waals surface area contributed by atoms with Crippen molar-refractivity contribution in [3.63, 3.8) is 0 Å². The van der Waals surface area contributed by atoms with Crippen molar-refractivity contribution >= 4 is 23.4 Å². The normalized spacial score (nSPS) is 10.8. The molecule has 1 amide bonds. The largest absolute Gasteiger partial charge is 0.325 e. The van der Waals surface area contributed by atoms with Gasteiger partial charge in [0.2, 0.25) is 5.91 Å². The van der Waals surface area contributed by atoms with Crippen LogP contribution in [-0.2, 0) is 4.79 Å². The molecule has 4 rings (SSSR count). The van der Waals surface area contributed by atoms with Crippen LogP contribution in [0.4, 0.5) is 14.5 Å². The van der Waals surface area contributed by atoms with Gasteiger partial charge < -0.3 is 5.32 Å². The van der Waals surface area contributed by atoms with Gasteiger partial charge in [-0.3, -0.25) is 9.36 Å². The molecule has 0 fully saturated rings. The smallest absolute Gasteiger partial charge is 0.234 e. The van der Waals surface area contributed by atoms with Crippen LogP contribution >= 0.6 is 11.8 Å². The first kappa shape index (κ1) is 20.7. The number of rotatable bonds is 6. The van der Waals surface area contributed by atoms with E-state index in [0.717, 1.165) is 23.0 Å². The van der Waals surface area contributed by atoms with Gasteiger partial charge in [0, 0.05) is 11.4 Å². The Bertz CT molecular complexity index is 1220. The molecule has 0 aliphatic carbocycles. The molecule has 3 aromatic carbocycles. The first-order valence-electron chi connectivity index (χ1n) is 9.47. The predicted octanol–water partition coefficient (Wildman–Crippen LogP) is 5.25. The van der Waals surface area contributed by atoms with Crippen LogP contribution in [0.1, 0.15) is 5.56 Å². The van der Waals surface area contributed by atoms with Crippen LogP contribution in [0.3, 0.4) is 0 Å². The number of carbonyl (C=O) groups is 1. The molecule has 1 N–H and O–H groups in total. The van der Waals surface area contributed by atoms with Gasteiger partial charge in [-0.05, 0) is 55.0 Å². The Labute approximate surface area is 182 Å². The summed E-state index contributed by atoms with van der Waals surface area (Å²) < 4.78 is 29.5. The van der Waals surface area contributed by atoms with Crippen molar-refractivity contribution in [2.24, 2.45) is 0 Å². The molecule has 156 valence electrons. The molecule has 0 spiro atoms. The maximum absolute atomic E-state index is 14.4. The number of anilines is 1. The number of halogens is 2. The fraction of sp³-hybridized carbons (Fsp3) is 0.0870. The third-order valence-electron chi connectivity index (χ3n) is 4.58. The number of thioether (sulfide) groups is 1. The lowest BCUT2D eigenvalue weighted by Crippen LogP contribution is -2.15. The highest BCUT2D eigenvalue weighted by Gasteiger charge is 2.19. The van der Waals surface area contributed by atoms with E-state index in [9.17, 15) is 13.6 Å². The lowest BCUT2D eigenvalue weighted by molar-refractivity contribution is -0.113. The molecular formula is C23H18F2N4OS. The van der Waals surface area contributed by atoms with E-state index < -0.39 is 11.6 Å². The van der Waals surface area contributed by atoms with Gasteiger partial charge >= 0.3 is 0 Å². The summed E-state index contributed by atoms with van der Waals surface area (Å²) >= 11 is 1.16. The highest BCUT2D eigenvalue weighted by molar-refractivity contribution is 7.99. The molecule has 1 aromatic heterocycles. The van der Waals surface area contributed by atoms with E-state index in [1.165, 1.54) is 18.2 Å². The molecule has 8 heteroatoms. The van der Waals surface area contributed by atoms with Crippen LogP contribution in [0.25, 0.3) is 17.1 Å². The summed E-state index contributed by atoms with van der Waals surface area (Å²) in [5, 5.41) is 11.6. The van der Waals surface area contributed by atoms with Crippen LogP contribution in [0.15, 0.2) is 78.0 Å². The predicted molar refractivity (Wildman–Crippen MR) is 117 cm³/mol. The molecule has 5 nitrogen and oxygen atoms in total. The molecule has 0 atom stereocenters. The minimum Gasteiger partial charge on any atom is -0.325 e. The number of aromatic nitrogens is 3. The van der Waals surface area contributed by atoms with E-state index in [4.69, 9.17) is 0 Å². The Morgan fingerprint density at radius 1 is 0.968 bits per heavy atom. The molecule has 0 unspecified atom stereocenters. The zero-order chi connectivity index (χ0) is 21.8. The summed E-state index contributed by atoms with van der Waals surface area (Å²) in [5.41, 5.74) is 2.51. The molecule has 0 saturated carbocycles. The number of carbonyl (C=O) groups excluding carboxylic acids is 1. The number of hydrogen-bond donors (Lipinski definition) is 1. The molecule has 1 heterocycles. The lowest BCUT2D eigenvalue weighted by atomic mass is 10.2. The quantitative estimate of drug-likeness (QED) is 0.419. The summed E-state index contributed by atoms with van der Waals surface area (Å²) in [6, 6.07) is 19.4. The summed E-state index contributed by atoms with van der Waals surface area (Å²) in [6.07, 6.45) is 0. The Balaban J connectivity index is 1.63. The van der Waals surface area contributed by atoms with Gasteiger partial charge in [0.05, 0.1) is 11.3 Å². The SMILES string of the molecule is Cc1ccccc1NC(=O)CSc1nnc(-c2ccccc2F)n1-c1ccc(F)cc1. The maximum Gasteiger partial charge on any atom is 0.234 e. The number of aryl methyl sites for hydroxylation is 1. The minimum absolute atomic E-state index is 0.0743. The highest BCUT2D eigenvalue weighted by atomic mass is 32.2. The third kappa shape index (κ3) is 4.64. The number of para-hydroxylation sites is 1. The average Bonchev–Trinajstić information content (AvgIpc) is 3.18. The van der Waals surface area contributed by atoms with E-state index in [0.29, 0.717) is 10.8 Å². The van der Waals surface area contributed by atoms with Crippen molar-refractivity contribution in [3.8, 4) is 17.1 Å². The number of hydrogen-bond acceptors (Lipinski definition) is 4. The van der Waals surface area contributed by atoms with Crippen molar-refractivity contribution in [2.75, 3.05) is 11.1 Å². The lowest BCUT2D eigenvalue weighted by Gasteiger charge is -2.11. The van der Waals surface area contributed by atoms with Gasteiger partial charge in [-0.2, -0.15) is 0 Å². The van der Waals surface area contributed by atoms with E-state index >= 15 is 0 Å². The standard InChI is InChI=1S/C23H18F2N4OS/c1-15-6-2-5-9-20(15)26-21(30)14-31-23-28-27-22(18-7-3-4-8-19(18)25)29(23)17-12-10-16(24)11-13-17/h2-13H,14H2,1H3,(H,26,30). The topological polar surface area (TPSA) is 59.8 Å². The van der Waals surface area contributed by atoms with Crippen LogP contribution in [0.2, 0.25) is 0 Å². The first-order chi connectivity index (χ1) is 15.0. The van der Waals surface area contributed by atoms with Crippen molar-refractivity contribution < 1.29 is 13.6 Å². The van der Waals surface area contributed by atoms with Gasteiger partial charge in [-0.1, -0.05) is 42.1 Å². The Kier molecular flexibility index (Phi) is 6.08. The van der Waals surface area contributed by atoms with Crippen LogP contribution < -0.4 is 5.32 Å². The van der Waals surface area contributed by atoms with Crippen molar-refractivity contribution in [1.29, 1.82) is 0 Å². The van der Waals surface area contributed by atoms with E-state index in [1.807, 2.05) is 31.2 Å². The highest BCUT2D eigenvalue weighted by Crippen LogP contribution is 2.29. The first-order valence-corrected chi connectivity index (χ1v) is 10.5. The summed E-state index contributed by atoms with van der Waals surface area (Å²) in [5.74, 6) is -0.708. The van der Waals surface area contributed by atoms with Crippen LogP contribution in [0, 0.1) is 18.6 Å². The molecule has 31 heavy (non-hydrogen) atoms. The molecule has 0 aliphatic rings. The molecule has 0 saturated heterocycles. The van der Waals surface area contributed by atoms with E-state index in [1.54, 1.807) is 34.9 Å². The summed E-state index contributed by atoms with van der Waals surface area (Å²) in [6.45, 7) is 1.91. The second-order valence-corrected chi connectivity index (χ2v) is 7.69. The number of nitrogens with one attached hydrogen (secondary N) is 1. The van der Waals surface area contributed by atoms with Gasteiger partial charge in [0.25, 0.3) is 0 Å². The van der Waals surface area contributed by atoms with Crippen molar-refractivity contribution in [3.05, 3.63) is 90.0 Å². The number of benzene rings is 3. The number of amides is 1. The van der Waals surface area contributed by atoms with Crippen LogP contribution in [0.5, 0.6) is 0 Å². The molecule has 0 bridgehead atoms. The minimum atomic E-state index is -0.452. The van der Waals surface area contributed by atoms with Gasteiger partial charge in [-0.25, -0.2) is 8.78 Å². The Hall–Kier alpha value is -3.52.